The normalized spacial score (nSPS) is 13.9. The van der Waals surface area contributed by atoms with Crippen molar-refractivity contribution in [1.82, 2.24) is 18.6 Å². The Kier molecular flexibility index (Phi) is 7.72. The predicted molar refractivity (Wildman–Crippen MR) is 245 cm³/mol. The van der Waals surface area contributed by atoms with Gasteiger partial charge in [-0.15, -0.1) is 29.7 Å². The Bertz CT molecular complexity index is 3660. The number of quaternary nitrogens is 1. The van der Waals surface area contributed by atoms with Crippen LogP contribution in [0.25, 0.3) is 72.3 Å². The van der Waals surface area contributed by atoms with E-state index >= 15 is 0 Å². The summed E-state index contributed by atoms with van der Waals surface area (Å²) in [7, 11) is 10.0. The molecule has 3 aromatic heterocycles. The summed E-state index contributed by atoms with van der Waals surface area (Å²) in [5, 5.41) is 2.01. The number of fused-ring (bicyclic) bond motifs is 4. The first-order valence-electron chi connectivity index (χ1n) is 24.3. The van der Waals surface area contributed by atoms with Gasteiger partial charge in [-0.3, -0.25) is 9.05 Å². The van der Waals surface area contributed by atoms with E-state index in [9.17, 15) is 0 Å². The minimum Gasteiger partial charge on any atom is -0.510 e. The zero-order chi connectivity index (χ0) is 49.7. The zero-order valence-corrected chi connectivity index (χ0v) is 36.1. The Morgan fingerprint density at radius 3 is 2.05 bits per heavy atom. The maximum absolute atomic E-state index is 9.09. The molecular formula is C53H43N6OPt-. The molecule has 3 heterocycles. The first-order chi connectivity index (χ1) is 33.4. The van der Waals surface area contributed by atoms with E-state index in [4.69, 9.17) is 23.4 Å². The molecule has 0 aliphatic rings. The molecule has 0 N–H and O–H groups in total. The maximum Gasteiger partial charge on any atom is 0.268 e. The summed E-state index contributed by atoms with van der Waals surface area (Å²) in [6.07, 6.45) is 5.27. The molecule has 0 spiro atoms. The molecule has 0 saturated carbocycles. The van der Waals surface area contributed by atoms with Gasteiger partial charge < -0.3 is 18.8 Å². The van der Waals surface area contributed by atoms with Crippen LogP contribution in [0.1, 0.15) is 13.7 Å². The van der Waals surface area contributed by atoms with Crippen molar-refractivity contribution in [2.45, 2.75) is 0 Å². The van der Waals surface area contributed by atoms with Crippen LogP contribution >= 0.6 is 0 Å². The Morgan fingerprint density at radius 2 is 1.34 bits per heavy atom. The summed E-state index contributed by atoms with van der Waals surface area (Å²) in [4.78, 5) is 6.68. The molecule has 7 nitrogen and oxygen atoms in total. The fourth-order valence-corrected chi connectivity index (χ4v) is 7.66. The standard InChI is InChI=1S/C53H43N6O.Pt/c1-55(2)48-27-16-28-49-53(48)57(52-43(37-17-8-6-9-18-37)24-15-25-44(52)38-19-10-7-11-20-38)36-56(49)39-21-14-22-41(33-39)60-42-29-30-46-45-23-12-13-26-47(45)58(50(46)35-42)51-34-40(31-32-54-51)59(3,4)5;/h6-32,34H,1-5H3;/q-1;/i6D,7D,8D,9D,10D,11D,17D,18D,19D,20D;. The van der Waals surface area contributed by atoms with Gasteiger partial charge in [0.25, 0.3) is 6.33 Å². The number of hydrogen-bond donors (Lipinski definition) is 0. The average molecular weight is 985 g/mol. The molecule has 0 unspecified atom stereocenters. The van der Waals surface area contributed by atoms with Crippen molar-refractivity contribution in [3.8, 4) is 50.9 Å². The first-order valence-corrected chi connectivity index (χ1v) is 19.3. The van der Waals surface area contributed by atoms with Gasteiger partial charge in [-0.25, -0.2) is 4.98 Å². The maximum atomic E-state index is 9.09. The van der Waals surface area contributed by atoms with Gasteiger partial charge in [0.05, 0.1) is 46.1 Å². The third-order valence-electron chi connectivity index (χ3n) is 10.4. The summed E-state index contributed by atoms with van der Waals surface area (Å²) < 4.78 is 100. The monoisotopic (exact) mass is 984 g/mol. The Morgan fingerprint density at radius 1 is 0.689 bits per heavy atom. The van der Waals surface area contributed by atoms with Crippen LogP contribution < -0.4 is 18.7 Å². The quantitative estimate of drug-likeness (QED) is 0.0822. The van der Waals surface area contributed by atoms with Crippen LogP contribution in [0.2, 0.25) is 0 Å². The van der Waals surface area contributed by atoms with Crippen LogP contribution in [0.3, 0.4) is 0 Å². The number of anilines is 1. The fraction of sp³-hybridized carbons (Fsp3) is 0.0943. The van der Waals surface area contributed by atoms with Crippen LogP contribution in [-0.4, -0.2) is 49.4 Å². The molecule has 7 aromatic carbocycles. The van der Waals surface area contributed by atoms with E-state index in [1.165, 1.54) is 0 Å². The minimum atomic E-state index is -0.576. The van der Waals surface area contributed by atoms with E-state index in [2.05, 4.69) is 62.4 Å². The van der Waals surface area contributed by atoms with Crippen molar-refractivity contribution in [3.05, 3.63) is 188 Å². The molecule has 0 amide bonds. The van der Waals surface area contributed by atoms with Gasteiger partial charge in [-0.2, -0.15) is 18.2 Å². The molecule has 0 aliphatic carbocycles. The SMILES string of the molecule is [2H]c1c([2H])c([2H])c(-c2cccc(-c3c([2H])c([2H])c([2H])c([2H])c3[2H])c2-[n+]2[c-]n(-c3[c-]c(Oc4[c-]c5c(cc4)c4ccccc4n5-c4cc([N+](C)(C)C)ccn4)ccc3)c3cccc(N(C)C)c32)c([2H])c1[2H].[Pt]. The van der Waals surface area contributed by atoms with Crippen molar-refractivity contribution in [2.75, 3.05) is 40.1 Å². The smallest absolute Gasteiger partial charge is 0.268 e. The van der Waals surface area contributed by atoms with E-state index in [0.717, 1.165) is 33.3 Å². The number of nitrogens with zero attached hydrogens (tertiary/aromatic N) is 6. The van der Waals surface area contributed by atoms with Crippen molar-refractivity contribution < 1.29 is 44.1 Å². The fourth-order valence-electron chi connectivity index (χ4n) is 7.66. The Labute approximate surface area is 384 Å². The second-order valence-electron chi connectivity index (χ2n) is 15.3. The van der Waals surface area contributed by atoms with Gasteiger partial charge >= 0.3 is 0 Å². The first kappa shape index (κ1) is 29.4. The minimum absolute atomic E-state index is 0. The van der Waals surface area contributed by atoms with E-state index in [1.807, 2.05) is 85.9 Å². The third-order valence-corrected chi connectivity index (χ3v) is 10.4. The van der Waals surface area contributed by atoms with E-state index in [1.54, 1.807) is 33.4 Å². The van der Waals surface area contributed by atoms with Crippen LogP contribution in [0.15, 0.2) is 170 Å². The Balaban J connectivity index is 0.00000624. The molecule has 0 fully saturated rings. The summed E-state index contributed by atoms with van der Waals surface area (Å²) in [6.45, 7) is 0. The van der Waals surface area contributed by atoms with Crippen LogP contribution in [0, 0.1) is 18.5 Å². The number of hydrogen-bond acceptors (Lipinski definition) is 3. The van der Waals surface area contributed by atoms with Gasteiger partial charge in [-0.05, 0) is 45.5 Å². The number of aromatic nitrogens is 4. The number of rotatable bonds is 9. The largest absolute Gasteiger partial charge is 0.510 e. The molecule has 0 saturated heterocycles. The van der Waals surface area contributed by atoms with Gasteiger partial charge in [0.2, 0.25) is 0 Å². The average Bonchev–Trinajstić information content (AvgIpc) is 3.90. The van der Waals surface area contributed by atoms with E-state index in [-0.39, 0.29) is 49.0 Å². The second-order valence-corrected chi connectivity index (χ2v) is 15.3. The zero-order valence-electron chi connectivity index (χ0n) is 43.8. The second kappa shape index (κ2) is 16.0. The summed E-state index contributed by atoms with van der Waals surface area (Å²) >= 11 is 0. The van der Waals surface area contributed by atoms with Gasteiger partial charge in [0, 0.05) is 76.2 Å². The summed E-state index contributed by atoms with van der Waals surface area (Å²) in [5.74, 6) is 1.52. The van der Waals surface area contributed by atoms with Gasteiger partial charge in [0.15, 0.2) is 0 Å². The van der Waals surface area contributed by atoms with E-state index in [0.29, 0.717) is 38.4 Å². The van der Waals surface area contributed by atoms with Crippen LogP contribution in [-0.2, 0) is 21.1 Å². The van der Waals surface area contributed by atoms with Crippen LogP contribution in [0.4, 0.5) is 11.4 Å². The molecule has 0 radical (unpaired) electrons. The van der Waals surface area contributed by atoms with E-state index < -0.39 is 60.4 Å². The molecular weight excluding hydrogens is 932 g/mol. The molecule has 8 heteroatoms. The molecule has 0 bridgehead atoms. The third kappa shape index (κ3) is 7.20. The number of imidazole rings is 1. The number of benzene rings is 7. The topological polar surface area (TPSA) is 39.1 Å². The molecule has 302 valence electrons. The molecule has 10 rings (SSSR count). The summed E-state index contributed by atoms with van der Waals surface area (Å²) in [5.41, 5.74) is 5.26. The predicted octanol–water partition coefficient (Wildman–Crippen LogP) is 11.2. The van der Waals surface area contributed by atoms with Gasteiger partial charge in [0.1, 0.15) is 17.0 Å². The molecule has 0 aliphatic heterocycles. The van der Waals surface area contributed by atoms with Crippen molar-refractivity contribution in [1.29, 1.82) is 0 Å². The number of ether oxygens (including phenoxy) is 1. The Hall–Kier alpha value is -6.79. The number of para-hydroxylation sites is 3. The molecule has 0 atom stereocenters. The van der Waals surface area contributed by atoms with Crippen molar-refractivity contribution in [3.63, 3.8) is 0 Å². The van der Waals surface area contributed by atoms with Crippen LogP contribution in [0.5, 0.6) is 11.5 Å². The molecule has 10 aromatic rings. The summed E-state index contributed by atoms with van der Waals surface area (Å²) in [6, 6.07) is 33.5. The molecule has 61 heavy (non-hydrogen) atoms. The van der Waals surface area contributed by atoms with Gasteiger partial charge in [-0.1, -0.05) is 114 Å². The van der Waals surface area contributed by atoms with Crippen molar-refractivity contribution >= 4 is 44.2 Å². The van der Waals surface area contributed by atoms with Crippen molar-refractivity contribution in [2.24, 2.45) is 0 Å². The number of pyridine rings is 1.